The number of likely N-dealkylation sites (N-methyl/N-ethyl adjacent to an activating group) is 2. The summed E-state index contributed by atoms with van der Waals surface area (Å²) in [5.74, 6) is -0.403. The van der Waals surface area contributed by atoms with E-state index in [1.54, 1.807) is 14.1 Å². The molecule has 1 aliphatic rings. The maximum Gasteiger partial charge on any atom is 0.245 e. The second-order valence-electron chi connectivity index (χ2n) is 6.02. The third-order valence-corrected chi connectivity index (χ3v) is 5.97. The molecule has 4 atom stereocenters. The number of amides is 2. The second kappa shape index (κ2) is 8.27. The van der Waals surface area contributed by atoms with Gasteiger partial charge in [0.05, 0.1) is 0 Å². The number of alkyl halides is 4. The Kier molecular flexibility index (Phi) is 7.58. The van der Waals surface area contributed by atoms with E-state index in [9.17, 15) is 9.59 Å². The Morgan fingerprint density at radius 2 is 1.09 bits per heavy atom. The summed E-state index contributed by atoms with van der Waals surface area (Å²) in [7, 11) is 3.28. The van der Waals surface area contributed by atoms with E-state index in [4.69, 9.17) is 46.4 Å². The number of hydrogen-bond acceptors (Lipinski definition) is 2. The molecule has 0 aliphatic carbocycles. The van der Waals surface area contributed by atoms with Gasteiger partial charge in [0, 0.05) is 14.1 Å². The summed E-state index contributed by atoms with van der Waals surface area (Å²) in [5, 5.41) is 0. The first-order valence-corrected chi connectivity index (χ1v) is 8.92. The zero-order chi connectivity index (χ0) is 17.2. The van der Waals surface area contributed by atoms with Gasteiger partial charge in [-0.05, 0) is 24.7 Å². The molecule has 1 fully saturated rings. The molecule has 0 aromatic heterocycles. The Labute approximate surface area is 152 Å². The van der Waals surface area contributed by atoms with Gasteiger partial charge in [-0.25, -0.2) is 0 Å². The highest BCUT2D eigenvalue weighted by atomic mass is 35.5. The van der Waals surface area contributed by atoms with Crippen molar-refractivity contribution in [1.29, 1.82) is 0 Å². The van der Waals surface area contributed by atoms with Gasteiger partial charge in [-0.1, -0.05) is 13.8 Å². The fourth-order valence-corrected chi connectivity index (χ4v) is 2.95. The van der Waals surface area contributed by atoms with E-state index in [-0.39, 0.29) is 23.7 Å². The predicted molar refractivity (Wildman–Crippen MR) is 91.7 cm³/mol. The fraction of sp³-hybridized carbons (Fsp3) is 0.857. The third kappa shape index (κ3) is 4.56. The van der Waals surface area contributed by atoms with E-state index in [0.29, 0.717) is 12.8 Å². The van der Waals surface area contributed by atoms with Gasteiger partial charge in [-0.15, -0.1) is 46.4 Å². The molecule has 0 spiro atoms. The maximum atomic E-state index is 12.6. The minimum Gasteiger partial charge on any atom is -0.332 e. The van der Waals surface area contributed by atoms with Crippen LogP contribution in [0.2, 0.25) is 0 Å². The zero-order valence-corrected chi connectivity index (χ0v) is 16.1. The van der Waals surface area contributed by atoms with Crippen molar-refractivity contribution in [1.82, 2.24) is 9.80 Å². The molecule has 1 saturated heterocycles. The van der Waals surface area contributed by atoms with Crippen molar-refractivity contribution in [2.45, 2.75) is 48.4 Å². The number of hydrogen-bond donors (Lipinski definition) is 0. The Hall–Kier alpha value is 0.1000. The smallest absolute Gasteiger partial charge is 0.245 e. The van der Waals surface area contributed by atoms with Crippen LogP contribution in [0.5, 0.6) is 0 Å². The van der Waals surface area contributed by atoms with Gasteiger partial charge in [0.15, 0.2) is 0 Å². The monoisotopic (exact) mass is 390 g/mol. The van der Waals surface area contributed by atoms with Gasteiger partial charge < -0.3 is 9.80 Å². The molecule has 0 bridgehead atoms. The molecule has 1 rings (SSSR count). The number of rotatable bonds is 6. The number of piperazine rings is 1. The van der Waals surface area contributed by atoms with Gasteiger partial charge >= 0.3 is 0 Å². The largest absolute Gasteiger partial charge is 0.332 e. The SMILES string of the molecule is CC(CC1C(=O)N(C)C(CC(C)C(Cl)Cl)C(=O)N1C)C(Cl)Cl. The first kappa shape index (κ1) is 20.1. The van der Waals surface area contributed by atoms with Crippen LogP contribution in [-0.4, -0.2) is 57.5 Å². The van der Waals surface area contributed by atoms with Crippen molar-refractivity contribution in [2.24, 2.45) is 11.8 Å². The van der Waals surface area contributed by atoms with Crippen LogP contribution in [0.15, 0.2) is 0 Å². The Morgan fingerprint density at radius 1 is 0.818 bits per heavy atom. The maximum absolute atomic E-state index is 12.6. The van der Waals surface area contributed by atoms with Crippen molar-refractivity contribution < 1.29 is 9.59 Å². The lowest BCUT2D eigenvalue weighted by Crippen LogP contribution is -2.63. The molecule has 128 valence electrons. The number of carbonyl (C=O) groups is 2. The van der Waals surface area contributed by atoms with Crippen LogP contribution in [0.3, 0.4) is 0 Å². The molecule has 22 heavy (non-hydrogen) atoms. The van der Waals surface area contributed by atoms with Crippen LogP contribution >= 0.6 is 46.4 Å². The highest BCUT2D eigenvalue weighted by Crippen LogP contribution is 2.29. The van der Waals surface area contributed by atoms with E-state index in [1.807, 2.05) is 13.8 Å². The molecule has 4 unspecified atom stereocenters. The standard InChI is InChI=1S/C14H22Cl4N2O2/c1-7(11(15)16)5-9-13(21)20(4)10(14(22)19(9)3)6-8(2)12(17)18/h7-12H,5-6H2,1-4H3. The van der Waals surface area contributed by atoms with Crippen molar-refractivity contribution in [2.75, 3.05) is 14.1 Å². The Bertz CT molecular complexity index is 382. The quantitative estimate of drug-likeness (QED) is 0.651. The van der Waals surface area contributed by atoms with Crippen molar-refractivity contribution >= 4 is 58.2 Å². The molecule has 4 nitrogen and oxygen atoms in total. The average Bonchev–Trinajstić information content (AvgIpc) is 2.45. The topological polar surface area (TPSA) is 40.6 Å². The number of halogens is 4. The van der Waals surface area contributed by atoms with Gasteiger partial charge in [0.25, 0.3) is 0 Å². The molecule has 0 radical (unpaired) electrons. The molecular weight excluding hydrogens is 370 g/mol. The summed E-state index contributed by atoms with van der Waals surface area (Å²) >= 11 is 23.4. The highest BCUT2D eigenvalue weighted by molar-refractivity contribution is 6.44. The summed E-state index contributed by atoms with van der Waals surface area (Å²) in [6.07, 6.45) is 0.859. The van der Waals surface area contributed by atoms with E-state index >= 15 is 0 Å². The lowest BCUT2D eigenvalue weighted by molar-refractivity contribution is -0.159. The molecule has 0 saturated carbocycles. The zero-order valence-electron chi connectivity index (χ0n) is 13.1. The molecular formula is C14H22Cl4N2O2. The molecule has 0 aromatic rings. The van der Waals surface area contributed by atoms with Gasteiger partial charge in [0.2, 0.25) is 11.8 Å². The third-order valence-electron chi connectivity index (χ3n) is 4.25. The summed E-state index contributed by atoms with van der Waals surface area (Å²) < 4.78 is 0. The van der Waals surface area contributed by atoms with Gasteiger partial charge in [-0.2, -0.15) is 0 Å². The van der Waals surface area contributed by atoms with Crippen molar-refractivity contribution in [3.05, 3.63) is 0 Å². The lowest BCUT2D eigenvalue weighted by atomic mass is 9.93. The highest BCUT2D eigenvalue weighted by Gasteiger charge is 2.43. The molecule has 0 N–H and O–H groups in total. The van der Waals surface area contributed by atoms with Crippen molar-refractivity contribution in [3.63, 3.8) is 0 Å². The Morgan fingerprint density at radius 3 is 1.32 bits per heavy atom. The molecule has 8 heteroatoms. The van der Waals surface area contributed by atoms with Crippen LogP contribution < -0.4 is 0 Å². The van der Waals surface area contributed by atoms with E-state index in [1.165, 1.54) is 9.80 Å². The average molecular weight is 392 g/mol. The van der Waals surface area contributed by atoms with Gasteiger partial charge in [0.1, 0.15) is 21.8 Å². The fourth-order valence-electron chi connectivity index (χ4n) is 2.54. The van der Waals surface area contributed by atoms with E-state index < -0.39 is 21.8 Å². The minimum atomic E-state index is -0.576. The van der Waals surface area contributed by atoms with E-state index in [2.05, 4.69) is 0 Å². The number of carbonyl (C=O) groups excluding carboxylic acids is 2. The molecule has 2 amide bonds. The normalized spacial score (nSPS) is 26.1. The Balaban J connectivity index is 2.88. The molecule has 1 heterocycles. The first-order chi connectivity index (χ1) is 10.1. The predicted octanol–water partition coefficient (Wildman–Crippen LogP) is 3.31. The number of nitrogens with zero attached hydrogens (tertiary/aromatic N) is 2. The van der Waals surface area contributed by atoms with Crippen LogP contribution in [0.4, 0.5) is 0 Å². The lowest BCUT2D eigenvalue weighted by Gasteiger charge is -2.43. The minimum absolute atomic E-state index is 0.0912. The van der Waals surface area contributed by atoms with Crippen LogP contribution in [0.1, 0.15) is 26.7 Å². The van der Waals surface area contributed by atoms with Crippen LogP contribution in [-0.2, 0) is 9.59 Å². The van der Waals surface area contributed by atoms with Crippen LogP contribution in [0, 0.1) is 11.8 Å². The van der Waals surface area contributed by atoms with Gasteiger partial charge in [-0.3, -0.25) is 9.59 Å². The van der Waals surface area contributed by atoms with Crippen molar-refractivity contribution in [3.8, 4) is 0 Å². The molecule has 0 aromatic carbocycles. The summed E-state index contributed by atoms with van der Waals surface area (Å²) in [6.45, 7) is 3.71. The van der Waals surface area contributed by atoms with Crippen LogP contribution in [0.25, 0.3) is 0 Å². The summed E-state index contributed by atoms with van der Waals surface area (Å²) in [6, 6.07) is -1.08. The van der Waals surface area contributed by atoms with E-state index in [0.717, 1.165) is 0 Å². The summed E-state index contributed by atoms with van der Waals surface area (Å²) in [5.41, 5.74) is 0. The second-order valence-corrected chi connectivity index (χ2v) is 8.35. The summed E-state index contributed by atoms with van der Waals surface area (Å²) in [4.78, 5) is 27.0. The first-order valence-electron chi connectivity index (χ1n) is 7.17. The molecule has 1 aliphatic heterocycles.